The van der Waals surface area contributed by atoms with Crippen LogP contribution in [-0.4, -0.2) is 22.1 Å². The number of aromatic nitrogens is 2. The predicted octanol–water partition coefficient (Wildman–Crippen LogP) is 2.15. The summed E-state index contributed by atoms with van der Waals surface area (Å²) in [4.78, 5) is 8.48. The van der Waals surface area contributed by atoms with E-state index in [1.807, 2.05) is 0 Å². The van der Waals surface area contributed by atoms with Gasteiger partial charge in [0.15, 0.2) is 0 Å². The first kappa shape index (κ1) is 12.9. The lowest BCUT2D eigenvalue weighted by Gasteiger charge is -2.19. The maximum atomic E-state index is 5.36. The molecule has 0 spiro atoms. The first-order chi connectivity index (χ1) is 7.51. The Labute approximate surface area is 97.5 Å². The topological polar surface area (TPSA) is 47.0 Å². The predicted molar refractivity (Wildman–Crippen MR) is 64.4 cm³/mol. The molecular formula is C12H21N3O. The molecule has 1 N–H and O–H groups in total. The van der Waals surface area contributed by atoms with Crippen LogP contribution in [0.5, 0.6) is 5.88 Å². The summed E-state index contributed by atoms with van der Waals surface area (Å²) < 4.78 is 5.36. The van der Waals surface area contributed by atoms with E-state index in [2.05, 4.69) is 43.0 Å². The second-order valence-electron chi connectivity index (χ2n) is 4.80. The van der Waals surface area contributed by atoms with Gasteiger partial charge in [0.25, 0.3) is 0 Å². The summed E-state index contributed by atoms with van der Waals surface area (Å²) in [5, 5.41) is 3.36. The summed E-state index contributed by atoms with van der Waals surface area (Å²) in [6, 6.07) is 0. The molecule has 0 fully saturated rings. The Hall–Kier alpha value is -1.16. The Morgan fingerprint density at radius 3 is 2.50 bits per heavy atom. The molecule has 16 heavy (non-hydrogen) atoms. The first-order valence-electron chi connectivity index (χ1n) is 5.70. The minimum Gasteiger partial charge on any atom is -0.477 e. The molecule has 0 aliphatic carbocycles. The van der Waals surface area contributed by atoms with Gasteiger partial charge in [0.2, 0.25) is 5.88 Å². The fraction of sp³-hybridized carbons (Fsp3) is 0.667. The summed E-state index contributed by atoms with van der Waals surface area (Å²) in [6.07, 6.45) is 4.41. The molecular weight excluding hydrogens is 202 g/mol. The summed E-state index contributed by atoms with van der Waals surface area (Å²) >= 11 is 0. The van der Waals surface area contributed by atoms with Crippen LogP contribution in [0.4, 0.5) is 0 Å². The molecule has 0 aromatic carbocycles. The molecule has 90 valence electrons. The van der Waals surface area contributed by atoms with E-state index in [1.165, 1.54) is 0 Å². The van der Waals surface area contributed by atoms with E-state index in [4.69, 9.17) is 4.74 Å². The average molecular weight is 223 g/mol. The fourth-order valence-corrected chi connectivity index (χ4v) is 1.07. The maximum Gasteiger partial charge on any atom is 0.232 e. The number of hydrogen-bond donors (Lipinski definition) is 1. The highest BCUT2D eigenvalue weighted by molar-refractivity contribution is 5.07. The molecule has 0 saturated heterocycles. The quantitative estimate of drug-likeness (QED) is 0.831. The van der Waals surface area contributed by atoms with Gasteiger partial charge in [-0.25, -0.2) is 4.98 Å². The number of ether oxygens (including phenoxy) is 1. The highest BCUT2D eigenvalue weighted by Crippen LogP contribution is 2.06. The van der Waals surface area contributed by atoms with Gasteiger partial charge in [0.05, 0.1) is 24.7 Å². The van der Waals surface area contributed by atoms with Gasteiger partial charge in [0, 0.05) is 12.1 Å². The van der Waals surface area contributed by atoms with E-state index in [1.54, 1.807) is 12.4 Å². The Morgan fingerprint density at radius 1 is 1.25 bits per heavy atom. The lowest BCUT2D eigenvalue weighted by Crippen LogP contribution is -2.35. The van der Waals surface area contributed by atoms with Crippen molar-refractivity contribution in [2.75, 3.05) is 6.61 Å². The van der Waals surface area contributed by atoms with Crippen LogP contribution < -0.4 is 10.1 Å². The molecule has 0 bridgehead atoms. The maximum absolute atomic E-state index is 5.36. The lowest BCUT2D eigenvalue weighted by molar-refractivity contribution is 0.303. The third-order valence-electron chi connectivity index (χ3n) is 1.94. The highest BCUT2D eigenvalue weighted by atomic mass is 16.5. The summed E-state index contributed by atoms with van der Waals surface area (Å²) in [5.74, 6) is 0.598. The van der Waals surface area contributed by atoms with Crippen molar-refractivity contribution in [3.63, 3.8) is 0 Å². The van der Waals surface area contributed by atoms with Crippen molar-refractivity contribution in [2.45, 2.75) is 46.2 Å². The molecule has 1 aromatic heterocycles. The smallest absolute Gasteiger partial charge is 0.232 e. The van der Waals surface area contributed by atoms with Gasteiger partial charge in [0.1, 0.15) is 0 Å². The Balaban J connectivity index is 2.45. The molecule has 1 rings (SSSR count). The SMILES string of the molecule is CCCOc1cnc(CNC(C)(C)C)cn1. The van der Waals surface area contributed by atoms with Crippen LogP contribution in [0.1, 0.15) is 39.8 Å². The molecule has 4 nitrogen and oxygen atoms in total. The molecule has 0 saturated carbocycles. The summed E-state index contributed by atoms with van der Waals surface area (Å²) in [5.41, 5.74) is 1.03. The van der Waals surface area contributed by atoms with Crippen LogP contribution in [0.15, 0.2) is 12.4 Å². The summed E-state index contributed by atoms with van der Waals surface area (Å²) in [7, 11) is 0. The molecule has 0 atom stereocenters. The molecule has 0 aliphatic rings. The second-order valence-corrected chi connectivity index (χ2v) is 4.80. The molecule has 0 amide bonds. The van der Waals surface area contributed by atoms with Gasteiger partial charge >= 0.3 is 0 Å². The van der Waals surface area contributed by atoms with Crippen molar-refractivity contribution in [1.82, 2.24) is 15.3 Å². The van der Waals surface area contributed by atoms with Gasteiger partial charge in [-0.05, 0) is 27.2 Å². The Bertz CT molecular complexity index is 303. The van der Waals surface area contributed by atoms with E-state index in [-0.39, 0.29) is 5.54 Å². The highest BCUT2D eigenvalue weighted by Gasteiger charge is 2.08. The molecule has 0 unspecified atom stereocenters. The van der Waals surface area contributed by atoms with Crippen LogP contribution in [0.2, 0.25) is 0 Å². The zero-order valence-electron chi connectivity index (χ0n) is 10.6. The van der Waals surface area contributed by atoms with E-state index in [0.29, 0.717) is 12.5 Å². The molecule has 0 radical (unpaired) electrons. The van der Waals surface area contributed by atoms with Gasteiger partial charge in [-0.1, -0.05) is 6.92 Å². The van der Waals surface area contributed by atoms with Gasteiger partial charge < -0.3 is 10.1 Å². The third kappa shape index (κ3) is 5.07. The van der Waals surface area contributed by atoms with E-state index >= 15 is 0 Å². The first-order valence-corrected chi connectivity index (χ1v) is 5.70. The van der Waals surface area contributed by atoms with Crippen molar-refractivity contribution < 1.29 is 4.74 Å². The monoisotopic (exact) mass is 223 g/mol. The van der Waals surface area contributed by atoms with Gasteiger partial charge in [-0.3, -0.25) is 4.98 Å². The standard InChI is InChI=1S/C12H21N3O/c1-5-6-16-11-9-13-10(7-14-11)8-15-12(2,3)4/h7,9,15H,5-6,8H2,1-4H3. The fourth-order valence-electron chi connectivity index (χ4n) is 1.07. The van der Waals surface area contributed by atoms with Crippen molar-refractivity contribution in [3.05, 3.63) is 18.1 Å². The van der Waals surface area contributed by atoms with Gasteiger partial charge in [-0.15, -0.1) is 0 Å². The normalized spacial score (nSPS) is 11.5. The number of hydrogen-bond acceptors (Lipinski definition) is 4. The van der Waals surface area contributed by atoms with Crippen LogP contribution in [0.3, 0.4) is 0 Å². The largest absolute Gasteiger partial charge is 0.477 e. The van der Waals surface area contributed by atoms with Crippen molar-refractivity contribution in [3.8, 4) is 5.88 Å². The minimum atomic E-state index is 0.0963. The molecule has 4 heteroatoms. The summed E-state index contributed by atoms with van der Waals surface area (Å²) in [6.45, 7) is 9.85. The number of nitrogens with zero attached hydrogens (tertiary/aromatic N) is 2. The number of nitrogens with one attached hydrogen (secondary N) is 1. The molecule has 1 aromatic rings. The zero-order valence-corrected chi connectivity index (χ0v) is 10.6. The van der Waals surface area contributed by atoms with E-state index < -0.39 is 0 Å². The Morgan fingerprint density at radius 2 is 2.00 bits per heavy atom. The van der Waals surface area contributed by atoms with E-state index in [0.717, 1.165) is 18.7 Å². The zero-order chi connectivity index (χ0) is 12.0. The lowest BCUT2D eigenvalue weighted by atomic mass is 10.1. The van der Waals surface area contributed by atoms with Crippen molar-refractivity contribution in [2.24, 2.45) is 0 Å². The number of rotatable bonds is 5. The minimum absolute atomic E-state index is 0.0963. The van der Waals surface area contributed by atoms with Crippen LogP contribution in [-0.2, 0) is 6.54 Å². The average Bonchev–Trinajstić information content (AvgIpc) is 2.24. The van der Waals surface area contributed by atoms with Gasteiger partial charge in [-0.2, -0.15) is 0 Å². The molecule has 1 heterocycles. The van der Waals surface area contributed by atoms with Crippen molar-refractivity contribution in [1.29, 1.82) is 0 Å². The third-order valence-corrected chi connectivity index (χ3v) is 1.94. The molecule has 0 aliphatic heterocycles. The Kier molecular flexibility index (Phi) is 4.68. The van der Waals surface area contributed by atoms with Crippen LogP contribution in [0, 0.1) is 0 Å². The second kappa shape index (κ2) is 5.80. The van der Waals surface area contributed by atoms with Crippen molar-refractivity contribution >= 4 is 0 Å². The van der Waals surface area contributed by atoms with E-state index in [9.17, 15) is 0 Å². The van der Waals surface area contributed by atoms with Crippen LogP contribution in [0.25, 0.3) is 0 Å². The van der Waals surface area contributed by atoms with Crippen LogP contribution >= 0.6 is 0 Å².